The second kappa shape index (κ2) is 5.84. The lowest BCUT2D eigenvalue weighted by Gasteiger charge is -2.21. The maximum absolute atomic E-state index is 5.99. The highest BCUT2D eigenvalue weighted by atomic mass is 35.5. The number of aryl methyl sites for hydroxylation is 1. The first-order chi connectivity index (χ1) is 7.79. The Morgan fingerprint density at radius 2 is 2.44 bits per heavy atom. The fraction of sp³-hybridized carbons (Fsp3) is 0.636. The molecule has 0 bridgehead atoms. The van der Waals surface area contributed by atoms with Crippen molar-refractivity contribution >= 4 is 23.4 Å². The Kier molecular flexibility index (Phi) is 4.44. The molecule has 5 heteroatoms. The van der Waals surface area contributed by atoms with Gasteiger partial charge < -0.3 is 4.74 Å². The Morgan fingerprint density at radius 3 is 3.12 bits per heavy atom. The maximum atomic E-state index is 5.99. The summed E-state index contributed by atoms with van der Waals surface area (Å²) < 4.78 is 5.65. The maximum Gasteiger partial charge on any atom is 0.159 e. The molecule has 2 heterocycles. The molecule has 1 aliphatic rings. The van der Waals surface area contributed by atoms with Gasteiger partial charge in [-0.15, -0.1) is 0 Å². The largest absolute Gasteiger partial charge is 0.368 e. The van der Waals surface area contributed by atoms with Crippen LogP contribution >= 0.6 is 23.4 Å². The first-order valence-corrected chi connectivity index (χ1v) is 7.05. The summed E-state index contributed by atoms with van der Waals surface area (Å²) in [6, 6.07) is 1.84. The number of ether oxygens (including phenoxy) is 1. The monoisotopic (exact) mass is 258 g/mol. The van der Waals surface area contributed by atoms with Gasteiger partial charge >= 0.3 is 0 Å². The highest BCUT2D eigenvalue weighted by Gasteiger charge is 2.20. The Bertz CT molecular complexity index is 356. The molecule has 0 spiro atoms. The van der Waals surface area contributed by atoms with Gasteiger partial charge in [-0.1, -0.05) is 24.9 Å². The van der Waals surface area contributed by atoms with E-state index in [1.165, 1.54) is 0 Å². The van der Waals surface area contributed by atoms with Crippen LogP contribution in [0.5, 0.6) is 0 Å². The molecule has 0 radical (unpaired) electrons. The first-order valence-electron chi connectivity index (χ1n) is 5.52. The fourth-order valence-corrected chi connectivity index (χ4v) is 2.70. The van der Waals surface area contributed by atoms with E-state index in [1.54, 1.807) is 0 Å². The Hall–Kier alpha value is -0.320. The number of aromatic nitrogens is 2. The van der Waals surface area contributed by atoms with E-state index in [9.17, 15) is 0 Å². The van der Waals surface area contributed by atoms with Gasteiger partial charge in [-0.25, -0.2) is 9.97 Å². The van der Waals surface area contributed by atoms with Gasteiger partial charge in [-0.05, 0) is 12.5 Å². The molecule has 0 aromatic carbocycles. The fourth-order valence-electron chi connectivity index (χ4n) is 1.65. The van der Waals surface area contributed by atoms with Crippen LogP contribution in [0.25, 0.3) is 0 Å². The molecule has 16 heavy (non-hydrogen) atoms. The molecule has 1 aromatic heterocycles. The molecule has 1 saturated heterocycles. The number of hydrogen-bond acceptors (Lipinski definition) is 4. The lowest BCUT2D eigenvalue weighted by molar-refractivity contribution is 0.0692. The average Bonchev–Trinajstić information content (AvgIpc) is 2.30. The number of thioether (sulfide) groups is 1. The van der Waals surface area contributed by atoms with Crippen molar-refractivity contribution in [1.82, 2.24) is 9.97 Å². The van der Waals surface area contributed by atoms with Gasteiger partial charge in [0.05, 0.1) is 6.61 Å². The SMILES string of the molecule is CCCc1cc(Cl)nc(C2CSCCO2)n1. The normalized spacial score (nSPS) is 21.0. The van der Waals surface area contributed by atoms with Crippen molar-refractivity contribution < 1.29 is 4.74 Å². The number of rotatable bonds is 3. The van der Waals surface area contributed by atoms with Crippen molar-refractivity contribution in [3.8, 4) is 0 Å². The molecule has 1 unspecified atom stereocenters. The summed E-state index contributed by atoms with van der Waals surface area (Å²) in [5, 5.41) is 0.521. The molecule has 0 amide bonds. The van der Waals surface area contributed by atoms with E-state index >= 15 is 0 Å². The number of hydrogen-bond donors (Lipinski definition) is 0. The van der Waals surface area contributed by atoms with Crippen LogP contribution in [0.15, 0.2) is 6.07 Å². The molecule has 0 saturated carbocycles. The molecule has 1 fully saturated rings. The lowest BCUT2D eigenvalue weighted by atomic mass is 10.2. The second-order valence-electron chi connectivity index (χ2n) is 3.72. The van der Waals surface area contributed by atoms with Gasteiger partial charge in [0, 0.05) is 17.2 Å². The van der Waals surface area contributed by atoms with Crippen LogP contribution in [0.2, 0.25) is 5.15 Å². The van der Waals surface area contributed by atoms with E-state index in [0.29, 0.717) is 5.15 Å². The predicted octanol–water partition coefficient (Wildman–Crippen LogP) is 2.89. The molecule has 2 rings (SSSR count). The first kappa shape index (κ1) is 12.1. The van der Waals surface area contributed by atoms with Crippen LogP contribution in [-0.2, 0) is 11.2 Å². The van der Waals surface area contributed by atoms with E-state index in [2.05, 4.69) is 16.9 Å². The van der Waals surface area contributed by atoms with Crippen LogP contribution in [-0.4, -0.2) is 28.1 Å². The van der Waals surface area contributed by atoms with E-state index in [0.717, 1.165) is 42.5 Å². The van der Waals surface area contributed by atoms with Gasteiger partial charge in [-0.2, -0.15) is 11.8 Å². The molecule has 1 atom stereocenters. The summed E-state index contributed by atoms with van der Waals surface area (Å²) in [5.74, 6) is 2.72. The smallest absolute Gasteiger partial charge is 0.159 e. The van der Waals surface area contributed by atoms with E-state index in [-0.39, 0.29) is 6.10 Å². The predicted molar refractivity (Wildman–Crippen MR) is 67.1 cm³/mol. The molecule has 1 aromatic rings. The summed E-state index contributed by atoms with van der Waals surface area (Å²) in [7, 11) is 0. The zero-order valence-electron chi connectivity index (χ0n) is 9.28. The quantitative estimate of drug-likeness (QED) is 0.781. The summed E-state index contributed by atoms with van der Waals surface area (Å²) in [6.45, 7) is 2.90. The van der Waals surface area contributed by atoms with E-state index in [4.69, 9.17) is 16.3 Å². The van der Waals surface area contributed by atoms with Gasteiger partial charge in [0.1, 0.15) is 11.3 Å². The van der Waals surface area contributed by atoms with Crippen molar-refractivity contribution in [1.29, 1.82) is 0 Å². The highest BCUT2D eigenvalue weighted by Crippen LogP contribution is 2.25. The van der Waals surface area contributed by atoms with E-state index in [1.807, 2.05) is 17.8 Å². The van der Waals surface area contributed by atoms with Crippen LogP contribution in [0.3, 0.4) is 0 Å². The highest BCUT2D eigenvalue weighted by molar-refractivity contribution is 7.99. The standard InChI is InChI=1S/C11H15ClN2OS/c1-2-3-8-6-10(12)14-11(13-8)9-7-16-5-4-15-9/h6,9H,2-5,7H2,1H3. The van der Waals surface area contributed by atoms with Gasteiger partial charge in [0.25, 0.3) is 0 Å². The minimum absolute atomic E-state index is 0.00746. The zero-order valence-corrected chi connectivity index (χ0v) is 10.9. The minimum atomic E-state index is 0.00746. The molecule has 3 nitrogen and oxygen atoms in total. The van der Waals surface area contributed by atoms with Gasteiger partial charge in [0.2, 0.25) is 0 Å². The molecular weight excluding hydrogens is 244 g/mol. The third-order valence-electron chi connectivity index (χ3n) is 2.38. The van der Waals surface area contributed by atoms with Crippen molar-refractivity contribution in [3.05, 3.63) is 22.7 Å². The molecule has 88 valence electrons. The summed E-state index contributed by atoms with van der Waals surface area (Å²) in [4.78, 5) is 8.77. The minimum Gasteiger partial charge on any atom is -0.368 e. The third-order valence-corrected chi connectivity index (χ3v) is 3.56. The Morgan fingerprint density at radius 1 is 1.56 bits per heavy atom. The zero-order chi connectivity index (χ0) is 11.4. The van der Waals surface area contributed by atoms with Crippen molar-refractivity contribution in [2.45, 2.75) is 25.9 Å². The summed E-state index contributed by atoms with van der Waals surface area (Å²) in [5.41, 5.74) is 1.01. The second-order valence-corrected chi connectivity index (χ2v) is 5.26. The molecule has 0 aliphatic carbocycles. The topological polar surface area (TPSA) is 35.0 Å². The number of nitrogens with zero attached hydrogens (tertiary/aromatic N) is 2. The average molecular weight is 259 g/mol. The summed E-state index contributed by atoms with van der Waals surface area (Å²) >= 11 is 7.87. The van der Waals surface area contributed by atoms with Crippen LogP contribution < -0.4 is 0 Å². The van der Waals surface area contributed by atoms with Crippen molar-refractivity contribution in [3.63, 3.8) is 0 Å². The molecule has 0 N–H and O–H groups in total. The van der Waals surface area contributed by atoms with Gasteiger partial charge in [0.15, 0.2) is 5.82 Å². The van der Waals surface area contributed by atoms with Crippen molar-refractivity contribution in [2.24, 2.45) is 0 Å². The Labute approximate surface area is 105 Å². The lowest BCUT2D eigenvalue weighted by Crippen LogP contribution is -2.18. The van der Waals surface area contributed by atoms with Crippen LogP contribution in [0, 0.1) is 0 Å². The van der Waals surface area contributed by atoms with Crippen molar-refractivity contribution in [2.75, 3.05) is 18.1 Å². The molecule has 1 aliphatic heterocycles. The third kappa shape index (κ3) is 3.09. The van der Waals surface area contributed by atoms with Crippen LogP contribution in [0.1, 0.15) is 31.0 Å². The van der Waals surface area contributed by atoms with Crippen LogP contribution in [0.4, 0.5) is 0 Å². The Balaban J connectivity index is 2.18. The molecular formula is C11H15ClN2OS. The summed E-state index contributed by atoms with van der Waals surface area (Å²) in [6.07, 6.45) is 2.01. The van der Waals surface area contributed by atoms with E-state index < -0.39 is 0 Å². The van der Waals surface area contributed by atoms with Gasteiger partial charge in [-0.3, -0.25) is 0 Å². The number of halogens is 1.